The van der Waals surface area contributed by atoms with Gasteiger partial charge >= 0.3 is 11.9 Å². The van der Waals surface area contributed by atoms with Crippen molar-refractivity contribution in [2.45, 2.75) is 23.3 Å². The first-order valence-corrected chi connectivity index (χ1v) is 8.19. The van der Waals surface area contributed by atoms with E-state index in [1.165, 1.54) is 0 Å². The van der Waals surface area contributed by atoms with E-state index in [9.17, 15) is 19.8 Å². The summed E-state index contributed by atoms with van der Waals surface area (Å²) in [5, 5.41) is 17.3. The number of aliphatic carboxylic acids is 2. The van der Waals surface area contributed by atoms with Crippen molar-refractivity contribution in [3.8, 4) is 0 Å². The Morgan fingerprint density at radius 3 is 1.39 bits per heavy atom. The van der Waals surface area contributed by atoms with E-state index in [1.807, 2.05) is 60.7 Å². The fourth-order valence-corrected chi connectivity index (χ4v) is 3.45. The Bertz CT molecular complexity index is 585. The molecule has 2 unspecified atom stereocenters. The first-order valence-electron chi connectivity index (χ1n) is 7.25. The Morgan fingerprint density at radius 2 is 1.09 bits per heavy atom. The Labute approximate surface area is 139 Å². The topological polar surface area (TPSA) is 74.6 Å². The van der Waals surface area contributed by atoms with Gasteiger partial charge in [-0.2, -0.15) is 0 Å². The van der Waals surface area contributed by atoms with E-state index in [0.29, 0.717) is 12.8 Å². The van der Waals surface area contributed by atoms with Crippen LogP contribution in [0, 0.1) is 0 Å². The molecule has 2 atom stereocenters. The Balaban J connectivity index is 2.08. The third-order valence-corrected chi connectivity index (χ3v) is 4.80. The summed E-state index contributed by atoms with van der Waals surface area (Å²) in [4.78, 5) is 23.0. The summed E-state index contributed by atoms with van der Waals surface area (Å²) in [6.07, 6.45) is 0.610. The van der Waals surface area contributed by atoms with Crippen molar-refractivity contribution in [3.63, 3.8) is 0 Å². The van der Waals surface area contributed by atoms with Crippen LogP contribution in [0.25, 0.3) is 0 Å². The number of rotatable bonds is 8. The molecule has 5 heteroatoms. The molecule has 0 aliphatic rings. The Hall–Kier alpha value is -2.27. The zero-order valence-corrected chi connectivity index (χ0v) is 13.3. The number of carboxylic acid groups (broad SMARTS) is 2. The molecule has 2 rings (SSSR count). The van der Waals surface area contributed by atoms with E-state index in [1.54, 1.807) is 0 Å². The van der Waals surface area contributed by atoms with Gasteiger partial charge in [0, 0.05) is 0 Å². The van der Waals surface area contributed by atoms with Crippen LogP contribution >= 0.6 is 11.8 Å². The number of thioether (sulfide) groups is 1. The van der Waals surface area contributed by atoms with Gasteiger partial charge in [-0.1, -0.05) is 60.7 Å². The second kappa shape index (κ2) is 8.39. The van der Waals surface area contributed by atoms with Crippen LogP contribution in [0.1, 0.15) is 11.1 Å². The maximum atomic E-state index is 11.5. The third-order valence-electron chi connectivity index (χ3n) is 3.41. The molecule has 0 saturated carbocycles. The minimum atomic E-state index is -0.988. The Kier molecular flexibility index (Phi) is 6.23. The number of hydrogen-bond acceptors (Lipinski definition) is 3. The van der Waals surface area contributed by atoms with Gasteiger partial charge in [-0.25, -0.2) is 0 Å². The zero-order valence-electron chi connectivity index (χ0n) is 12.5. The van der Waals surface area contributed by atoms with Crippen LogP contribution in [-0.2, 0) is 22.4 Å². The standard InChI is InChI=1S/C18H18O4S/c19-17(20)15(11-13-7-3-1-4-8-13)23-16(18(21)22)12-14-9-5-2-6-10-14/h1-10,15-16H,11-12H2,(H,19,20)(H,21,22). The summed E-state index contributed by atoms with van der Waals surface area (Å²) in [7, 11) is 0. The quantitative estimate of drug-likeness (QED) is 0.778. The first kappa shape index (κ1) is 17.1. The van der Waals surface area contributed by atoms with E-state index in [4.69, 9.17) is 0 Å². The summed E-state index contributed by atoms with van der Waals surface area (Å²) in [5.74, 6) is -1.98. The Morgan fingerprint density at radius 1 is 0.739 bits per heavy atom. The molecule has 0 saturated heterocycles. The molecule has 0 fully saturated rings. The van der Waals surface area contributed by atoms with Gasteiger partial charge in [0.15, 0.2) is 0 Å². The molecular formula is C18H18O4S. The average Bonchev–Trinajstić information content (AvgIpc) is 2.55. The molecule has 0 amide bonds. The molecule has 23 heavy (non-hydrogen) atoms. The molecular weight excluding hydrogens is 312 g/mol. The molecule has 2 aromatic rings. The molecule has 0 spiro atoms. The lowest BCUT2D eigenvalue weighted by Gasteiger charge is -2.18. The van der Waals surface area contributed by atoms with E-state index in [-0.39, 0.29) is 0 Å². The molecule has 2 aromatic carbocycles. The number of hydrogen-bond donors (Lipinski definition) is 2. The smallest absolute Gasteiger partial charge is 0.316 e. The van der Waals surface area contributed by atoms with Crippen LogP contribution in [0.15, 0.2) is 60.7 Å². The predicted octanol–water partition coefficient (Wildman–Crippen LogP) is 3.11. The van der Waals surface area contributed by atoms with Gasteiger partial charge in [-0.05, 0) is 24.0 Å². The summed E-state index contributed by atoms with van der Waals surface area (Å²) in [6, 6.07) is 18.5. The van der Waals surface area contributed by atoms with Crippen molar-refractivity contribution in [1.29, 1.82) is 0 Å². The van der Waals surface area contributed by atoms with E-state index in [0.717, 1.165) is 22.9 Å². The fraction of sp³-hybridized carbons (Fsp3) is 0.222. The van der Waals surface area contributed by atoms with Crippen molar-refractivity contribution in [1.82, 2.24) is 0 Å². The van der Waals surface area contributed by atoms with Crippen LogP contribution < -0.4 is 0 Å². The summed E-state index contributed by atoms with van der Waals surface area (Å²) < 4.78 is 0. The van der Waals surface area contributed by atoms with Crippen molar-refractivity contribution >= 4 is 23.7 Å². The normalized spacial score (nSPS) is 13.2. The molecule has 0 aliphatic carbocycles. The minimum absolute atomic E-state index is 0.305. The summed E-state index contributed by atoms with van der Waals surface area (Å²) in [5.41, 5.74) is 1.77. The second-order valence-corrected chi connectivity index (χ2v) is 6.58. The lowest BCUT2D eigenvalue weighted by molar-refractivity contribution is -0.136. The van der Waals surface area contributed by atoms with Crippen LogP contribution in [0.5, 0.6) is 0 Å². The lowest BCUT2D eigenvalue weighted by atomic mass is 10.1. The van der Waals surface area contributed by atoms with Crippen molar-refractivity contribution in [2.75, 3.05) is 0 Å². The highest BCUT2D eigenvalue weighted by molar-refractivity contribution is 8.01. The van der Waals surface area contributed by atoms with Gasteiger partial charge in [0.2, 0.25) is 0 Å². The molecule has 4 nitrogen and oxygen atoms in total. The van der Waals surface area contributed by atoms with Gasteiger partial charge in [-0.3, -0.25) is 9.59 Å². The maximum absolute atomic E-state index is 11.5. The van der Waals surface area contributed by atoms with E-state index >= 15 is 0 Å². The number of carbonyl (C=O) groups is 2. The maximum Gasteiger partial charge on any atom is 0.316 e. The highest BCUT2D eigenvalue weighted by Crippen LogP contribution is 2.25. The SMILES string of the molecule is O=C(O)C(Cc1ccccc1)SC(Cc1ccccc1)C(=O)O. The largest absolute Gasteiger partial charge is 0.480 e. The fourth-order valence-electron chi connectivity index (χ4n) is 2.24. The van der Waals surface area contributed by atoms with Gasteiger partial charge in [0.1, 0.15) is 10.5 Å². The molecule has 0 heterocycles. The van der Waals surface area contributed by atoms with E-state index < -0.39 is 22.4 Å². The molecule has 0 aliphatic heterocycles. The molecule has 120 valence electrons. The van der Waals surface area contributed by atoms with Crippen LogP contribution in [0.3, 0.4) is 0 Å². The highest BCUT2D eigenvalue weighted by atomic mass is 32.2. The van der Waals surface area contributed by atoms with Crippen LogP contribution in [0.2, 0.25) is 0 Å². The van der Waals surface area contributed by atoms with E-state index in [2.05, 4.69) is 0 Å². The van der Waals surface area contributed by atoms with Gasteiger partial charge in [0.05, 0.1) is 0 Å². The number of carboxylic acids is 2. The van der Waals surface area contributed by atoms with Gasteiger partial charge < -0.3 is 10.2 Å². The monoisotopic (exact) mass is 330 g/mol. The predicted molar refractivity (Wildman–Crippen MR) is 90.7 cm³/mol. The van der Waals surface area contributed by atoms with Crippen LogP contribution in [0.4, 0.5) is 0 Å². The summed E-state index contributed by atoms with van der Waals surface area (Å²) >= 11 is 0.997. The second-order valence-electron chi connectivity index (χ2n) is 5.17. The average molecular weight is 330 g/mol. The van der Waals surface area contributed by atoms with Crippen molar-refractivity contribution < 1.29 is 19.8 Å². The zero-order chi connectivity index (χ0) is 16.7. The highest BCUT2D eigenvalue weighted by Gasteiger charge is 2.28. The van der Waals surface area contributed by atoms with Crippen molar-refractivity contribution in [2.24, 2.45) is 0 Å². The first-order chi connectivity index (χ1) is 11.1. The lowest BCUT2D eigenvalue weighted by Crippen LogP contribution is -2.28. The van der Waals surface area contributed by atoms with Crippen LogP contribution in [-0.4, -0.2) is 32.7 Å². The molecule has 0 bridgehead atoms. The molecule has 0 aromatic heterocycles. The van der Waals surface area contributed by atoms with Crippen molar-refractivity contribution in [3.05, 3.63) is 71.8 Å². The molecule has 2 N–H and O–H groups in total. The third kappa shape index (κ3) is 5.45. The van der Waals surface area contributed by atoms with Gasteiger partial charge in [0.25, 0.3) is 0 Å². The number of benzene rings is 2. The van der Waals surface area contributed by atoms with Gasteiger partial charge in [-0.15, -0.1) is 11.8 Å². The molecule has 0 radical (unpaired) electrons. The minimum Gasteiger partial charge on any atom is -0.480 e. The summed E-state index contributed by atoms with van der Waals surface area (Å²) in [6.45, 7) is 0.